The molecule has 0 aliphatic heterocycles. The van der Waals surface area contributed by atoms with Gasteiger partial charge < -0.3 is 18.6 Å². The molecule has 104 valence electrons. The van der Waals surface area contributed by atoms with Crippen molar-refractivity contribution in [2.45, 2.75) is 53.1 Å². The molecule has 1 atom stereocenters. The maximum atomic E-state index is 5.89. The van der Waals surface area contributed by atoms with Crippen LogP contribution in [0.1, 0.15) is 47.5 Å². The van der Waals surface area contributed by atoms with Crippen molar-refractivity contribution in [2.75, 3.05) is 26.4 Å². The van der Waals surface area contributed by atoms with Crippen molar-refractivity contribution in [1.29, 1.82) is 0 Å². The van der Waals surface area contributed by atoms with Gasteiger partial charge in [-0.25, -0.2) is 0 Å². The first-order valence-corrected chi connectivity index (χ1v) is 8.66. The van der Waals surface area contributed by atoms with Crippen molar-refractivity contribution in [3.8, 4) is 0 Å². The SMILES string of the molecule is CCCNC(CC)[Si](OCC)(OCC)OCC. The summed E-state index contributed by atoms with van der Waals surface area (Å²) in [7, 11) is -2.57. The maximum Gasteiger partial charge on any atom is 0.518 e. The number of rotatable bonds is 11. The Balaban J connectivity index is 4.76. The summed E-state index contributed by atoms with van der Waals surface area (Å²) in [5.74, 6) is 0. The molecule has 0 fully saturated rings. The highest BCUT2D eigenvalue weighted by atomic mass is 28.4. The summed E-state index contributed by atoms with van der Waals surface area (Å²) in [6.07, 6.45) is 2.07. The lowest BCUT2D eigenvalue weighted by Gasteiger charge is -2.35. The van der Waals surface area contributed by atoms with Gasteiger partial charge in [0.2, 0.25) is 0 Å². The minimum absolute atomic E-state index is 0.197. The second-order valence-corrected chi connectivity index (χ2v) is 6.59. The Morgan fingerprint density at radius 3 is 1.65 bits per heavy atom. The Labute approximate surface area is 107 Å². The van der Waals surface area contributed by atoms with E-state index < -0.39 is 8.80 Å². The van der Waals surface area contributed by atoms with Crippen molar-refractivity contribution in [1.82, 2.24) is 5.32 Å². The van der Waals surface area contributed by atoms with Crippen LogP contribution in [0.25, 0.3) is 0 Å². The van der Waals surface area contributed by atoms with Gasteiger partial charge in [-0.1, -0.05) is 13.8 Å². The van der Waals surface area contributed by atoms with E-state index in [0.717, 1.165) is 19.4 Å². The number of nitrogens with one attached hydrogen (secondary N) is 1. The third-order valence-corrected chi connectivity index (χ3v) is 6.05. The molecule has 0 heterocycles. The van der Waals surface area contributed by atoms with Crippen molar-refractivity contribution >= 4 is 8.80 Å². The molecule has 1 N–H and O–H groups in total. The molecule has 0 saturated carbocycles. The van der Waals surface area contributed by atoms with Crippen LogP contribution >= 0.6 is 0 Å². The van der Waals surface area contributed by atoms with Gasteiger partial charge in [-0.15, -0.1) is 0 Å². The van der Waals surface area contributed by atoms with E-state index in [9.17, 15) is 0 Å². The van der Waals surface area contributed by atoms with Gasteiger partial charge in [0.1, 0.15) is 0 Å². The average molecular weight is 263 g/mol. The number of hydrogen-bond acceptors (Lipinski definition) is 4. The molecule has 0 bridgehead atoms. The minimum Gasteiger partial charge on any atom is -0.373 e. The van der Waals surface area contributed by atoms with E-state index in [1.807, 2.05) is 20.8 Å². The molecular formula is C12H29NO3Si. The Hall–Kier alpha value is 0.0569. The Bertz CT molecular complexity index is 164. The molecule has 0 rings (SSSR count). The summed E-state index contributed by atoms with van der Waals surface area (Å²) < 4.78 is 17.7. The predicted octanol–water partition coefficient (Wildman–Crippen LogP) is 2.35. The fourth-order valence-corrected chi connectivity index (χ4v) is 4.82. The van der Waals surface area contributed by atoms with Crippen LogP contribution in [0.15, 0.2) is 0 Å². The zero-order valence-corrected chi connectivity index (χ0v) is 13.0. The van der Waals surface area contributed by atoms with Crippen molar-refractivity contribution in [3.63, 3.8) is 0 Å². The van der Waals surface area contributed by atoms with Crippen LogP contribution in [-0.2, 0) is 13.3 Å². The Kier molecular flexibility index (Phi) is 10.1. The molecule has 0 aromatic heterocycles. The molecule has 0 amide bonds. The summed E-state index contributed by atoms with van der Waals surface area (Å²) in [4.78, 5) is 0. The van der Waals surface area contributed by atoms with E-state index in [0.29, 0.717) is 19.8 Å². The lowest BCUT2D eigenvalue weighted by atomic mass is 10.4. The number of hydrogen-bond donors (Lipinski definition) is 1. The van der Waals surface area contributed by atoms with E-state index in [2.05, 4.69) is 19.2 Å². The lowest BCUT2D eigenvalue weighted by Crippen LogP contribution is -2.61. The van der Waals surface area contributed by atoms with Gasteiger partial charge in [0.25, 0.3) is 0 Å². The largest absolute Gasteiger partial charge is 0.518 e. The van der Waals surface area contributed by atoms with E-state index in [1.165, 1.54) is 0 Å². The molecule has 0 saturated heterocycles. The zero-order valence-electron chi connectivity index (χ0n) is 12.0. The van der Waals surface area contributed by atoms with Crippen LogP contribution in [0.2, 0.25) is 0 Å². The molecule has 0 aliphatic rings. The van der Waals surface area contributed by atoms with Crippen LogP contribution in [0.4, 0.5) is 0 Å². The predicted molar refractivity (Wildman–Crippen MR) is 73.0 cm³/mol. The molecule has 0 aromatic rings. The van der Waals surface area contributed by atoms with E-state index >= 15 is 0 Å². The average Bonchev–Trinajstić information content (AvgIpc) is 2.31. The summed E-state index contributed by atoms with van der Waals surface area (Å²) in [6, 6.07) is 0. The highest BCUT2D eigenvalue weighted by Gasteiger charge is 2.48. The molecule has 5 heteroatoms. The van der Waals surface area contributed by atoms with Gasteiger partial charge in [0, 0.05) is 19.8 Å². The van der Waals surface area contributed by atoms with E-state index in [1.54, 1.807) is 0 Å². The first kappa shape index (κ1) is 17.1. The molecular weight excluding hydrogens is 234 g/mol. The third-order valence-electron chi connectivity index (χ3n) is 2.51. The molecule has 4 nitrogen and oxygen atoms in total. The van der Waals surface area contributed by atoms with Crippen LogP contribution in [-0.4, -0.2) is 40.8 Å². The van der Waals surface area contributed by atoms with E-state index in [4.69, 9.17) is 13.3 Å². The van der Waals surface area contributed by atoms with Crippen LogP contribution in [0.3, 0.4) is 0 Å². The van der Waals surface area contributed by atoms with Gasteiger partial charge in [0.05, 0.1) is 5.67 Å². The van der Waals surface area contributed by atoms with Crippen molar-refractivity contribution in [2.24, 2.45) is 0 Å². The fourth-order valence-electron chi connectivity index (χ4n) is 1.87. The van der Waals surface area contributed by atoms with Gasteiger partial charge in [0.15, 0.2) is 0 Å². The normalized spacial score (nSPS) is 13.9. The van der Waals surface area contributed by atoms with Gasteiger partial charge in [-0.05, 0) is 40.2 Å². The Morgan fingerprint density at radius 1 is 0.882 bits per heavy atom. The first-order chi connectivity index (χ1) is 8.20. The molecule has 0 spiro atoms. The van der Waals surface area contributed by atoms with Crippen LogP contribution in [0.5, 0.6) is 0 Å². The van der Waals surface area contributed by atoms with Crippen molar-refractivity contribution < 1.29 is 13.3 Å². The second kappa shape index (κ2) is 10.0. The summed E-state index contributed by atoms with van der Waals surface area (Å²) >= 11 is 0. The van der Waals surface area contributed by atoms with Gasteiger partial charge >= 0.3 is 8.80 Å². The molecule has 0 aliphatic carbocycles. The summed E-state index contributed by atoms with van der Waals surface area (Å²) in [5, 5.41) is 3.50. The molecule has 0 aromatic carbocycles. The van der Waals surface area contributed by atoms with Gasteiger partial charge in [-0.3, -0.25) is 0 Å². The van der Waals surface area contributed by atoms with E-state index in [-0.39, 0.29) is 5.67 Å². The molecule has 1 unspecified atom stereocenters. The monoisotopic (exact) mass is 263 g/mol. The molecule has 17 heavy (non-hydrogen) atoms. The second-order valence-electron chi connectivity index (χ2n) is 3.82. The third kappa shape index (κ3) is 5.48. The fraction of sp³-hybridized carbons (Fsp3) is 1.00. The van der Waals surface area contributed by atoms with Gasteiger partial charge in [-0.2, -0.15) is 0 Å². The summed E-state index contributed by atoms with van der Waals surface area (Å²) in [5.41, 5.74) is 0.197. The quantitative estimate of drug-likeness (QED) is 0.581. The lowest BCUT2D eigenvalue weighted by molar-refractivity contribution is 0.0574. The van der Waals surface area contributed by atoms with Crippen LogP contribution < -0.4 is 5.32 Å². The highest BCUT2D eigenvalue weighted by Crippen LogP contribution is 2.17. The first-order valence-electron chi connectivity index (χ1n) is 6.85. The smallest absolute Gasteiger partial charge is 0.373 e. The standard InChI is InChI=1S/C12H29NO3Si/c1-6-11-13-12(7-2)17(14-8-3,15-9-4)16-10-5/h12-13H,6-11H2,1-5H3. The molecule has 0 radical (unpaired) electrons. The maximum absolute atomic E-state index is 5.89. The Morgan fingerprint density at radius 2 is 1.35 bits per heavy atom. The summed E-state index contributed by atoms with van der Waals surface area (Å²) in [6.45, 7) is 13.2. The minimum atomic E-state index is -2.57. The zero-order chi connectivity index (χ0) is 13.1. The van der Waals surface area contributed by atoms with Crippen molar-refractivity contribution in [3.05, 3.63) is 0 Å². The highest BCUT2D eigenvalue weighted by molar-refractivity contribution is 6.62. The topological polar surface area (TPSA) is 39.7 Å². The van der Waals surface area contributed by atoms with Crippen LogP contribution in [0, 0.1) is 0 Å².